The molecule has 1 N–H and O–H groups in total. The van der Waals surface area contributed by atoms with Crippen molar-refractivity contribution in [3.8, 4) is 0 Å². The molecule has 6 heteroatoms. The molecule has 0 bridgehead atoms. The van der Waals surface area contributed by atoms with Gasteiger partial charge in [0.15, 0.2) is 12.1 Å². The predicted octanol–water partition coefficient (Wildman–Crippen LogP) is 3.23. The zero-order valence-electron chi connectivity index (χ0n) is 7.91. The molecular weight excluding hydrogens is 251 g/mol. The molecule has 1 heterocycles. The van der Waals surface area contributed by atoms with Crippen LogP contribution in [0.4, 0.5) is 5.69 Å². The number of anilines is 1. The van der Waals surface area contributed by atoms with Crippen molar-refractivity contribution < 1.29 is 9.21 Å². The predicted molar refractivity (Wildman–Crippen MR) is 60.9 cm³/mol. The van der Waals surface area contributed by atoms with Gasteiger partial charge in [-0.3, -0.25) is 4.79 Å². The number of rotatable bonds is 2. The van der Waals surface area contributed by atoms with Crippen molar-refractivity contribution in [2.45, 2.75) is 0 Å². The highest BCUT2D eigenvalue weighted by Crippen LogP contribution is 2.25. The molecule has 82 valence electrons. The Morgan fingerprint density at radius 1 is 1.38 bits per heavy atom. The summed E-state index contributed by atoms with van der Waals surface area (Å²) in [5, 5.41) is 3.46. The first-order valence-corrected chi connectivity index (χ1v) is 5.07. The fourth-order valence-electron chi connectivity index (χ4n) is 1.10. The van der Waals surface area contributed by atoms with Gasteiger partial charge in [-0.05, 0) is 18.2 Å². The molecule has 16 heavy (non-hydrogen) atoms. The van der Waals surface area contributed by atoms with E-state index in [0.717, 1.165) is 0 Å². The number of aromatic nitrogens is 1. The van der Waals surface area contributed by atoms with Gasteiger partial charge in [-0.25, -0.2) is 4.98 Å². The topological polar surface area (TPSA) is 55.1 Å². The number of hydrogen-bond acceptors (Lipinski definition) is 3. The van der Waals surface area contributed by atoms with Gasteiger partial charge in [0.2, 0.25) is 0 Å². The molecule has 0 saturated heterocycles. The van der Waals surface area contributed by atoms with E-state index in [1.54, 1.807) is 18.2 Å². The van der Waals surface area contributed by atoms with Crippen molar-refractivity contribution >= 4 is 34.8 Å². The molecule has 0 fully saturated rings. The Morgan fingerprint density at radius 2 is 2.19 bits per heavy atom. The third-order valence-corrected chi connectivity index (χ3v) is 2.39. The Hall–Kier alpha value is -1.52. The highest BCUT2D eigenvalue weighted by Gasteiger charge is 2.10. The average molecular weight is 257 g/mol. The van der Waals surface area contributed by atoms with Gasteiger partial charge in [-0.2, -0.15) is 0 Å². The van der Waals surface area contributed by atoms with Crippen LogP contribution in [0.2, 0.25) is 10.0 Å². The minimum absolute atomic E-state index is 0.186. The quantitative estimate of drug-likeness (QED) is 0.898. The van der Waals surface area contributed by atoms with E-state index < -0.39 is 5.91 Å². The summed E-state index contributed by atoms with van der Waals surface area (Å²) in [4.78, 5) is 15.3. The van der Waals surface area contributed by atoms with Gasteiger partial charge < -0.3 is 9.73 Å². The lowest BCUT2D eigenvalue weighted by Gasteiger charge is -2.05. The zero-order chi connectivity index (χ0) is 11.5. The van der Waals surface area contributed by atoms with Gasteiger partial charge in [0.05, 0.1) is 10.7 Å². The first kappa shape index (κ1) is 11.0. The summed E-state index contributed by atoms with van der Waals surface area (Å²) in [6.07, 6.45) is 2.43. The second-order valence-electron chi connectivity index (χ2n) is 2.95. The number of amides is 1. The first-order valence-electron chi connectivity index (χ1n) is 4.31. The van der Waals surface area contributed by atoms with E-state index >= 15 is 0 Å². The highest BCUT2D eigenvalue weighted by molar-refractivity contribution is 6.36. The van der Waals surface area contributed by atoms with Crippen LogP contribution in [0.3, 0.4) is 0 Å². The fourth-order valence-corrected chi connectivity index (χ4v) is 1.56. The van der Waals surface area contributed by atoms with Crippen LogP contribution in [0.15, 0.2) is 35.3 Å². The third-order valence-electron chi connectivity index (χ3n) is 1.84. The molecule has 4 nitrogen and oxygen atoms in total. The van der Waals surface area contributed by atoms with E-state index in [-0.39, 0.29) is 5.69 Å². The Labute approximate surface area is 101 Å². The minimum atomic E-state index is -0.391. The van der Waals surface area contributed by atoms with Crippen molar-refractivity contribution in [1.29, 1.82) is 0 Å². The first-order chi connectivity index (χ1) is 7.66. The lowest BCUT2D eigenvalue weighted by Crippen LogP contribution is -2.12. The lowest BCUT2D eigenvalue weighted by atomic mass is 10.3. The molecule has 1 amide bonds. The smallest absolute Gasteiger partial charge is 0.277 e. The van der Waals surface area contributed by atoms with E-state index in [1.807, 2.05) is 0 Å². The normalized spacial score (nSPS) is 10.1. The molecule has 1 aromatic carbocycles. The van der Waals surface area contributed by atoms with E-state index in [4.69, 9.17) is 27.6 Å². The maximum atomic E-state index is 11.6. The Kier molecular flexibility index (Phi) is 3.12. The van der Waals surface area contributed by atoms with E-state index in [0.29, 0.717) is 15.7 Å². The number of benzene rings is 1. The van der Waals surface area contributed by atoms with Crippen molar-refractivity contribution in [2.75, 3.05) is 5.32 Å². The summed E-state index contributed by atoms with van der Waals surface area (Å²) in [6, 6.07) is 4.79. The van der Waals surface area contributed by atoms with Crippen LogP contribution < -0.4 is 5.32 Å². The molecule has 1 aromatic heterocycles. The maximum Gasteiger partial charge on any atom is 0.277 e. The van der Waals surface area contributed by atoms with Gasteiger partial charge in [-0.1, -0.05) is 23.2 Å². The second-order valence-corrected chi connectivity index (χ2v) is 3.80. The lowest BCUT2D eigenvalue weighted by molar-refractivity contribution is 0.102. The minimum Gasteiger partial charge on any atom is -0.451 e. The van der Waals surface area contributed by atoms with Crippen molar-refractivity contribution in [1.82, 2.24) is 4.98 Å². The summed E-state index contributed by atoms with van der Waals surface area (Å²) in [5.74, 6) is -0.391. The van der Waals surface area contributed by atoms with Crippen LogP contribution in [0.5, 0.6) is 0 Å². The SMILES string of the molecule is O=C(Nc1ccc(Cl)cc1Cl)c1cocn1. The molecule has 0 atom stereocenters. The molecule has 2 aromatic rings. The van der Waals surface area contributed by atoms with Crippen molar-refractivity contribution in [2.24, 2.45) is 0 Å². The Bertz CT molecular complexity index is 512. The van der Waals surface area contributed by atoms with Crippen molar-refractivity contribution in [3.63, 3.8) is 0 Å². The molecule has 0 spiro atoms. The fraction of sp³-hybridized carbons (Fsp3) is 0. The van der Waals surface area contributed by atoms with Crippen LogP contribution in [-0.2, 0) is 0 Å². The van der Waals surface area contributed by atoms with E-state index in [1.165, 1.54) is 12.7 Å². The molecule has 0 aliphatic heterocycles. The number of nitrogens with one attached hydrogen (secondary N) is 1. The van der Waals surface area contributed by atoms with Crippen LogP contribution >= 0.6 is 23.2 Å². The summed E-state index contributed by atoms with van der Waals surface area (Å²) in [6.45, 7) is 0. The molecular formula is C10H6Cl2N2O2. The summed E-state index contributed by atoms with van der Waals surface area (Å²) >= 11 is 11.6. The number of nitrogens with zero attached hydrogens (tertiary/aromatic N) is 1. The Balaban J connectivity index is 2.18. The van der Waals surface area contributed by atoms with Crippen LogP contribution in [0.1, 0.15) is 10.5 Å². The number of carbonyl (C=O) groups excluding carboxylic acids is 1. The van der Waals surface area contributed by atoms with Gasteiger partial charge >= 0.3 is 0 Å². The Morgan fingerprint density at radius 3 is 2.81 bits per heavy atom. The standard InChI is InChI=1S/C10H6Cl2N2O2/c11-6-1-2-8(7(12)3-6)14-10(15)9-4-16-5-13-9/h1-5H,(H,14,15). The van der Waals surface area contributed by atoms with E-state index in [2.05, 4.69) is 10.3 Å². The van der Waals surface area contributed by atoms with Gasteiger partial charge in [0, 0.05) is 5.02 Å². The van der Waals surface area contributed by atoms with E-state index in [9.17, 15) is 4.79 Å². The zero-order valence-corrected chi connectivity index (χ0v) is 9.42. The van der Waals surface area contributed by atoms with Crippen LogP contribution in [0, 0.1) is 0 Å². The number of carbonyl (C=O) groups is 1. The monoisotopic (exact) mass is 256 g/mol. The van der Waals surface area contributed by atoms with Gasteiger partial charge in [0.25, 0.3) is 5.91 Å². The second kappa shape index (κ2) is 4.55. The average Bonchev–Trinajstić information content (AvgIpc) is 2.75. The molecule has 0 radical (unpaired) electrons. The maximum absolute atomic E-state index is 11.6. The molecule has 0 saturated carbocycles. The number of hydrogen-bond donors (Lipinski definition) is 1. The van der Waals surface area contributed by atoms with Crippen LogP contribution in [0.25, 0.3) is 0 Å². The molecule has 0 aliphatic carbocycles. The largest absolute Gasteiger partial charge is 0.451 e. The van der Waals surface area contributed by atoms with Gasteiger partial charge in [0.1, 0.15) is 6.26 Å². The summed E-state index contributed by atoms with van der Waals surface area (Å²) in [7, 11) is 0. The molecule has 0 aliphatic rings. The molecule has 2 rings (SSSR count). The number of oxazole rings is 1. The summed E-state index contributed by atoms with van der Waals surface area (Å²) < 4.78 is 4.70. The highest BCUT2D eigenvalue weighted by atomic mass is 35.5. The van der Waals surface area contributed by atoms with Crippen molar-refractivity contribution in [3.05, 3.63) is 46.6 Å². The van der Waals surface area contributed by atoms with Crippen LogP contribution in [-0.4, -0.2) is 10.9 Å². The van der Waals surface area contributed by atoms with Gasteiger partial charge in [-0.15, -0.1) is 0 Å². The third kappa shape index (κ3) is 2.35. The summed E-state index contributed by atoms with van der Waals surface area (Å²) in [5.41, 5.74) is 0.657. The molecule has 0 unspecified atom stereocenters. The number of halogens is 2.